The molecule has 0 heterocycles. The minimum absolute atomic E-state index is 0.340. The number of hydrogen-bond acceptors (Lipinski definition) is 2. The topological polar surface area (TPSA) is 55.1 Å². The van der Waals surface area contributed by atoms with Gasteiger partial charge in [0.25, 0.3) is 0 Å². The van der Waals surface area contributed by atoms with E-state index in [0.29, 0.717) is 11.6 Å². The third kappa shape index (κ3) is 3.68. The van der Waals surface area contributed by atoms with E-state index in [-0.39, 0.29) is 5.91 Å². The predicted molar refractivity (Wildman–Crippen MR) is 81.3 cm³/mol. The Hall–Kier alpha value is -2.13. The summed E-state index contributed by atoms with van der Waals surface area (Å²) < 4.78 is 0. The first-order valence-electron chi connectivity index (χ1n) is 6.87. The fourth-order valence-electron chi connectivity index (χ4n) is 2.21. The van der Waals surface area contributed by atoms with Crippen molar-refractivity contribution in [3.05, 3.63) is 71.3 Å². The summed E-state index contributed by atoms with van der Waals surface area (Å²) in [6.45, 7) is 2.94. The average molecular weight is 268 g/mol. The van der Waals surface area contributed by atoms with E-state index in [9.17, 15) is 4.79 Å². The number of primary amides is 1. The van der Waals surface area contributed by atoms with Gasteiger partial charge in [0.15, 0.2) is 0 Å². The van der Waals surface area contributed by atoms with Crippen molar-refractivity contribution in [1.82, 2.24) is 5.32 Å². The van der Waals surface area contributed by atoms with Gasteiger partial charge in [-0.2, -0.15) is 0 Å². The van der Waals surface area contributed by atoms with E-state index in [2.05, 4.69) is 36.5 Å². The summed E-state index contributed by atoms with van der Waals surface area (Å²) in [7, 11) is 0. The molecule has 2 rings (SSSR count). The average Bonchev–Trinajstić information content (AvgIpc) is 2.49. The molecule has 0 aliphatic heterocycles. The molecule has 3 nitrogen and oxygen atoms in total. The quantitative estimate of drug-likeness (QED) is 0.846. The smallest absolute Gasteiger partial charge is 0.248 e. The first-order chi connectivity index (χ1) is 9.70. The van der Waals surface area contributed by atoms with Crippen LogP contribution in [0.15, 0.2) is 54.6 Å². The second-order valence-corrected chi connectivity index (χ2v) is 4.81. The molecule has 104 valence electrons. The van der Waals surface area contributed by atoms with Crippen LogP contribution in [-0.2, 0) is 6.54 Å². The molecule has 0 aliphatic rings. The zero-order valence-corrected chi connectivity index (χ0v) is 11.7. The number of carbonyl (C=O) groups excluding carboxylic acids is 1. The third-order valence-corrected chi connectivity index (χ3v) is 3.40. The van der Waals surface area contributed by atoms with Crippen LogP contribution in [0, 0.1) is 0 Å². The highest BCUT2D eigenvalue weighted by Gasteiger charge is 2.08. The molecular formula is C17H20N2O. The molecule has 1 amide bonds. The maximum Gasteiger partial charge on any atom is 0.248 e. The largest absolute Gasteiger partial charge is 0.366 e. The van der Waals surface area contributed by atoms with Gasteiger partial charge in [0.1, 0.15) is 0 Å². The molecule has 2 aromatic carbocycles. The first-order valence-corrected chi connectivity index (χ1v) is 6.87. The van der Waals surface area contributed by atoms with Crippen LogP contribution in [0.2, 0.25) is 0 Å². The van der Waals surface area contributed by atoms with Gasteiger partial charge in [-0.15, -0.1) is 0 Å². The Morgan fingerprint density at radius 2 is 1.75 bits per heavy atom. The molecule has 0 bridgehead atoms. The molecule has 0 aromatic heterocycles. The van der Waals surface area contributed by atoms with Crippen molar-refractivity contribution in [3.8, 4) is 0 Å². The molecule has 2 aromatic rings. The molecule has 20 heavy (non-hydrogen) atoms. The predicted octanol–water partition coefficient (Wildman–Crippen LogP) is 3.03. The number of nitrogens with two attached hydrogens (primary N) is 1. The monoisotopic (exact) mass is 268 g/mol. The van der Waals surface area contributed by atoms with Crippen molar-refractivity contribution in [1.29, 1.82) is 0 Å². The van der Waals surface area contributed by atoms with E-state index < -0.39 is 0 Å². The Kier molecular flexibility index (Phi) is 4.91. The van der Waals surface area contributed by atoms with Gasteiger partial charge in [0.05, 0.1) is 0 Å². The molecule has 0 radical (unpaired) electrons. The van der Waals surface area contributed by atoms with Crippen molar-refractivity contribution < 1.29 is 4.79 Å². The summed E-state index contributed by atoms with van der Waals surface area (Å²) in [5.74, 6) is -0.389. The summed E-state index contributed by atoms with van der Waals surface area (Å²) in [5, 5.41) is 3.53. The van der Waals surface area contributed by atoms with Crippen LogP contribution < -0.4 is 11.1 Å². The number of rotatable bonds is 6. The highest BCUT2D eigenvalue weighted by molar-refractivity contribution is 5.92. The molecule has 0 spiro atoms. The molecule has 0 saturated carbocycles. The normalized spacial score (nSPS) is 12.1. The Balaban J connectivity index is 1.98. The van der Waals surface area contributed by atoms with Gasteiger partial charge in [-0.25, -0.2) is 0 Å². The molecule has 3 N–H and O–H groups in total. The van der Waals surface area contributed by atoms with Crippen molar-refractivity contribution >= 4 is 5.91 Å². The zero-order chi connectivity index (χ0) is 14.4. The molecule has 1 atom stereocenters. The highest BCUT2D eigenvalue weighted by atomic mass is 16.1. The van der Waals surface area contributed by atoms with Gasteiger partial charge in [0, 0.05) is 18.2 Å². The van der Waals surface area contributed by atoms with Gasteiger partial charge in [-0.1, -0.05) is 49.4 Å². The van der Waals surface area contributed by atoms with Crippen LogP contribution in [0.25, 0.3) is 0 Å². The van der Waals surface area contributed by atoms with Gasteiger partial charge >= 0.3 is 0 Å². The maximum atomic E-state index is 11.0. The Morgan fingerprint density at radius 1 is 1.10 bits per heavy atom. The maximum absolute atomic E-state index is 11.0. The van der Waals surface area contributed by atoms with Crippen LogP contribution in [0.1, 0.15) is 40.9 Å². The lowest BCUT2D eigenvalue weighted by atomic mass is 10.0. The Labute approximate surface area is 119 Å². The van der Waals surface area contributed by atoms with Gasteiger partial charge in [-0.05, 0) is 29.7 Å². The second-order valence-electron chi connectivity index (χ2n) is 4.81. The van der Waals surface area contributed by atoms with E-state index in [1.807, 2.05) is 18.2 Å². The number of benzene rings is 2. The van der Waals surface area contributed by atoms with E-state index in [1.165, 1.54) is 5.56 Å². The fourth-order valence-corrected chi connectivity index (χ4v) is 2.21. The minimum atomic E-state index is -0.389. The lowest BCUT2D eigenvalue weighted by molar-refractivity contribution is 0.100. The number of hydrogen-bond donors (Lipinski definition) is 2. The Morgan fingerprint density at radius 3 is 2.30 bits per heavy atom. The van der Waals surface area contributed by atoms with Crippen molar-refractivity contribution in [3.63, 3.8) is 0 Å². The zero-order valence-electron chi connectivity index (χ0n) is 11.7. The van der Waals surface area contributed by atoms with Crippen molar-refractivity contribution in [2.45, 2.75) is 25.9 Å². The van der Waals surface area contributed by atoms with Crippen LogP contribution in [-0.4, -0.2) is 5.91 Å². The van der Waals surface area contributed by atoms with Gasteiger partial charge in [0.2, 0.25) is 5.91 Å². The standard InChI is InChI=1S/C17H20N2O/c1-2-16(14-6-4-3-5-7-14)19-12-13-8-10-15(11-9-13)17(18)20/h3-11,16,19H,2,12H2,1H3,(H2,18,20). The first kappa shape index (κ1) is 14.3. The molecule has 1 unspecified atom stereocenters. The van der Waals surface area contributed by atoms with Gasteiger partial charge in [-0.3, -0.25) is 4.79 Å². The highest BCUT2D eigenvalue weighted by Crippen LogP contribution is 2.16. The summed E-state index contributed by atoms with van der Waals surface area (Å²) in [6, 6.07) is 18.2. The second kappa shape index (κ2) is 6.87. The van der Waals surface area contributed by atoms with E-state index in [4.69, 9.17) is 5.73 Å². The summed E-state index contributed by atoms with van der Waals surface area (Å²) >= 11 is 0. The molecule has 0 aliphatic carbocycles. The molecule has 0 saturated heterocycles. The number of carbonyl (C=O) groups is 1. The number of nitrogens with one attached hydrogen (secondary N) is 1. The molecular weight excluding hydrogens is 248 g/mol. The lowest BCUT2D eigenvalue weighted by Gasteiger charge is -2.17. The summed E-state index contributed by atoms with van der Waals surface area (Å²) in [5.41, 5.74) is 8.21. The number of amides is 1. The van der Waals surface area contributed by atoms with E-state index in [0.717, 1.165) is 18.5 Å². The molecule has 3 heteroatoms. The SMILES string of the molecule is CCC(NCc1ccc(C(N)=O)cc1)c1ccccc1. The van der Waals surface area contributed by atoms with E-state index in [1.54, 1.807) is 12.1 Å². The van der Waals surface area contributed by atoms with Crippen LogP contribution in [0.3, 0.4) is 0 Å². The summed E-state index contributed by atoms with van der Waals surface area (Å²) in [4.78, 5) is 11.0. The molecule has 0 fully saturated rings. The van der Waals surface area contributed by atoms with E-state index >= 15 is 0 Å². The summed E-state index contributed by atoms with van der Waals surface area (Å²) in [6.07, 6.45) is 1.03. The van der Waals surface area contributed by atoms with Crippen molar-refractivity contribution in [2.75, 3.05) is 0 Å². The Bertz CT molecular complexity index is 549. The van der Waals surface area contributed by atoms with Gasteiger partial charge < -0.3 is 11.1 Å². The minimum Gasteiger partial charge on any atom is -0.366 e. The van der Waals surface area contributed by atoms with Crippen LogP contribution in [0.4, 0.5) is 0 Å². The van der Waals surface area contributed by atoms with Crippen molar-refractivity contribution in [2.24, 2.45) is 5.73 Å². The van der Waals surface area contributed by atoms with Crippen LogP contribution >= 0.6 is 0 Å². The third-order valence-electron chi connectivity index (χ3n) is 3.40. The van der Waals surface area contributed by atoms with Crippen LogP contribution in [0.5, 0.6) is 0 Å². The lowest BCUT2D eigenvalue weighted by Crippen LogP contribution is -2.20. The fraction of sp³-hybridized carbons (Fsp3) is 0.235.